The minimum absolute atomic E-state index is 0.327. The van der Waals surface area contributed by atoms with Crippen LogP contribution < -0.4 is 5.32 Å². The highest BCUT2D eigenvalue weighted by atomic mass is 15.5. The highest BCUT2D eigenvalue weighted by molar-refractivity contribution is 5.74. The van der Waals surface area contributed by atoms with Gasteiger partial charge in [-0.1, -0.05) is 36.4 Å². The maximum Gasteiger partial charge on any atom is 0.113 e. The molecule has 0 amide bonds. The van der Waals surface area contributed by atoms with Gasteiger partial charge in [-0.2, -0.15) is 15.0 Å². The van der Waals surface area contributed by atoms with Crippen LogP contribution in [0, 0.1) is 0 Å². The molecule has 4 heteroatoms. The Labute approximate surface area is 124 Å². The molecule has 108 valence electrons. The van der Waals surface area contributed by atoms with Gasteiger partial charge < -0.3 is 5.32 Å². The lowest BCUT2D eigenvalue weighted by atomic mass is 10.1. The van der Waals surface area contributed by atoms with Crippen molar-refractivity contribution in [2.75, 3.05) is 0 Å². The number of nitrogens with one attached hydrogen (secondary N) is 1. The van der Waals surface area contributed by atoms with Gasteiger partial charge in [-0.05, 0) is 37.1 Å². The molecular formula is C17H20N4. The van der Waals surface area contributed by atoms with Crippen molar-refractivity contribution >= 4 is 11.0 Å². The van der Waals surface area contributed by atoms with Crippen LogP contribution in [-0.4, -0.2) is 15.0 Å². The lowest BCUT2D eigenvalue weighted by molar-refractivity contribution is 0.574. The second kappa shape index (κ2) is 6.06. The van der Waals surface area contributed by atoms with Gasteiger partial charge in [-0.3, -0.25) is 0 Å². The third-order valence-electron chi connectivity index (χ3n) is 3.68. The molecule has 1 heterocycles. The predicted octanol–water partition coefficient (Wildman–Crippen LogP) is 3.30. The van der Waals surface area contributed by atoms with Crippen molar-refractivity contribution in [1.82, 2.24) is 20.3 Å². The maximum absolute atomic E-state index is 4.45. The van der Waals surface area contributed by atoms with Gasteiger partial charge in [-0.15, -0.1) is 0 Å². The number of aryl methyl sites for hydroxylation is 1. The molecule has 1 N–H and O–H groups in total. The van der Waals surface area contributed by atoms with Gasteiger partial charge in [0.2, 0.25) is 0 Å². The van der Waals surface area contributed by atoms with Crippen LogP contribution in [0.3, 0.4) is 0 Å². The fourth-order valence-electron chi connectivity index (χ4n) is 2.39. The zero-order valence-electron chi connectivity index (χ0n) is 12.5. The molecule has 0 fully saturated rings. The first-order valence-electron chi connectivity index (χ1n) is 7.38. The third kappa shape index (κ3) is 3.11. The molecule has 1 aromatic heterocycles. The van der Waals surface area contributed by atoms with E-state index in [4.69, 9.17) is 0 Å². The molecule has 2 aromatic carbocycles. The molecule has 0 aliphatic rings. The van der Waals surface area contributed by atoms with Crippen LogP contribution in [0.25, 0.3) is 11.0 Å². The van der Waals surface area contributed by atoms with Crippen LogP contribution in [0.15, 0.2) is 48.5 Å². The first-order chi connectivity index (χ1) is 10.3. The van der Waals surface area contributed by atoms with Crippen molar-refractivity contribution in [3.8, 4) is 0 Å². The number of rotatable bonds is 5. The van der Waals surface area contributed by atoms with E-state index in [1.54, 1.807) is 4.80 Å². The molecule has 0 aliphatic carbocycles. The number of fused-ring (bicyclic) bond motifs is 1. The number of nitrogens with zero attached hydrogens (tertiary/aromatic N) is 3. The van der Waals surface area contributed by atoms with Gasteiger partial charge in [0.15, 0.2) is 0 Å². The molecule has 4 nitrogen and oxygen atoms in total. The predicted molar refractivity (Wildman–Crippen MR) is 84.9 cm³/mol. The quantitative estimate of drug-likeness (QED) is 0.779. The Morgan fingerprint density at radius 3 is 2.57 bits per heavy atom. The van der Waals surface area contributed by atoms with E-state index in [1.807, 2.05) is 19.1 Å². The summed E-state index contributed by atoms with van der Waals surface area (Å²) >= 11 is 0. The third-order valence-corrected chi connectivity index (χ3v) is 3.68. The standard InChI is InChI=1S/C17H20N4/c1-3-21-19-16-10-9-14(11-17(16)20-21)12-18-13(2)15-7-5-4-6-8-15/h4-11,13,18H,3,12H2,1-2H3/t13-/m1/s1. The number of benzene rings is 2. The minimum atomic E-state index is 0.327. The Morgan fingerprint density at radius 1 is 1.05 bits per heavy atom. The molecule has 3 rings (SSSR count). The summed E-state index contributed by atoms with van der Waals surface area (Å²) in [5, 5.41) is 12.4. The first-order valence-corrected chi connectivity index (χ1v) is 7.38. The zero-order valence-corrected chi connectivity index (χ0v) is 12.5. The second-order valence-corrected chi connectivity index (χ2v) is 5.22. The molecule has 0 saturated carbocycles. The number of aromatic nitrogens is 3. The summed E-state index contributed by atoms with van der Waals surface area (Å²) in [5.41, 5.74) is 4.45. The highest BCUT2D eigenvalue weighted by Crippen LogP contribution is 2.15. The molecule has 0 aliphatic heterocycles. The lowest BCUT2D eigenvalue weighted by Crippen LogP contribution is -2.17. The molecule has 21 heavy (non-hydrogen) atoms. The van der Waals surface area contributed by atoms with Crippen molar-refractivity contribution in [3.63, 3.8) is 0 Å². The van der Waals surface area contributed by atoms with Gasteiger partial charge >= 0.3 is 0 Å². The Balaban J connectivity index is 1.70. The van der Waals surface area contributed by atoms with Crippen LogP contribution in [0.5, 0.6) is 0 Å². The number of hydrogen-bond donors (Lipinski definition) is 1. The normalized spacial score (nSPS) is 12.7. The summed E-state index contributed by atoms with van der Waals surface area (Å²) in [4.78, 5) is 1.73. The summed E-state index contributed by atoms with van der Waals surface area (Å²) in [6.07, 6.45) is 0. The van der Waals surface area contributed by atoms with Crippen molar-refractivity contribution in [1.29, 1.82) is 0 Å². The fourth-order valence-corrected chi connectivity index (χ4v) is 2.39. The largest absolute Gasteiger partial charge is 0.306 e. The minimum Gasteiger partial charge on any atom is -0.306 e. The Hall–Kier alpha value is -2.20. The van der Waals surface area contributed by atoms with Crippen molar-refractivity contribution in [3.05, 3.63) is 59.7 Å². The fraction of sp³-hybridized carbons (Fsp3) is 0.294. The van der Waals surface area contributed by atoms with Crippen LogP contribution in [-0.2, 0) is 13.1 Å². The Morgan fingerprint density at radius 2 is 1.81 bits per heavy atom. The van der Waals surface area contributed by atoms with Gasteiger partial charge in [-0.25, -0.2) is 0 Å². The monoisotopic (exact) mass is 280 g/mol. The summed E-state index contributed by atoms with van der Waals surface area (Å²) in [6, 6.07) is 17.1. The average Bonchev–Trinajstić information content (AvgIpc) is 2.95. The van der Waals surface area contributed by atoms with Crippen molar-refractivity contribution < 1.29 is 0 Å². The van der Waals surface area contributed by atoms with E-state index >= 15 is 0 Å². The molecular weight excluding hydrogens is 260 g/mol. The van der Waals surface area contributed by atoms with Gasteiger partial charge in [0.05, 0.1) is 6.54 Å². The molecule has 0 radical (unpaired) electrons. The Bertz CT molecular complexity index is 718. The second-order valence-electron chi connectivity index (χ2n) is 5.22. The number of hydrogen-bond acceptors (Lipinski definition) is 3. The lowest BCUT2D eigenvalue weighted by Gasteiger charge is -2.14. The molecule has 3 aromatic rings. The van der Waals surface area contributed by atoms with Crippen LogP contribution in [0.2, 0.25) is 0 Å². The SMILES string of the molecule is CCn1nc2ccc(CN[C@H](C)c3ccccc3)cc2n1. The summed E-state index contributed by atoms with van der Waals surface area (Å²) in [6.45, 7) is 5.85. The van der Waals surface area contributed by atoms with Crippen LogP contribution in [0.1, 0.15) is 31.0 Å². The van der Waals surface area contributed by atoms with Crippen LogP contribution in [0.4, 0.5) is 0 Å². The maximum atomic E-state index is 4.45. The summed E-state index contributed by atoms with van der Waals surface area (Å²) in [5.74, 6) is 0. The molecule has 0 bridgehead atoms. The average molecular weight is 280 g/mol. The molecule has 0 unspecified atom stereocenters. The van der Waals surface area contributed by atoms with Gasteiger partial charge in [0.25, 0.3) is 0 Å². The summed E-state index contributed by atoms with van der Waals surface area (Å²) in [7, 11) is 0. The first kappa shape index (κ1) is 13.8. The molecule has 0 spiro atoms. The van der Waals surface area contributed by atoms with Crippen molar-refractivity contribution in [2.24, 2.45) is 0 Å². The summed E-state index contributed by atoms with van der Waals surface area (Å²) < 4.78 is 0. The smallest absolute Gasteiger partial charge is 0.113 e. The van der Waals surface area contributed by atoms with E-state index in [-0.39, 0.29) is 0 Å². The van der Waals surface area contributed by atoms with E-state index in [0.717, 1.165) is 24.1 Å². The van der Waals surface area contributed by atoms with E-state index in [1.165, 1.54) is 11.1 Å². The van der Waals surface area contributed by atoms with E-state index in [0.29, 0.717) is 6.04 Å². The zero-order chi connectivity index (χ0) is 14.7. The van der Waals surface area contributed by atoms with Gasteiger partial charge in [0, 0.05) is 12.6 Å². The van der Waals surface area contributed by atoms with E-state index in [9.17, 15) is 0 Å². The molecule has 0 saturated heterocycles. The molecule has 1 atom stereocenters. The Kier molecular flexibility index (Phi) is 3.97. The van der Waals surface area contributed by atoms with Gasteiger partial charge in [0.1, 0.15) is 11.0 Å². The van der Waals surface area contributed by atoms with Crippen LogP contribution >= 0.6 is 0 Å². The highest BCUT2D eigenvalue weighted by Gasteiger charge is 2.06. The van der Waals surface area contributed by atoms with Crippen molar-refractivity contribution in [2.45, 2.75) is 33.0 Å². The van der Waals surface area contributed by atoms with E-state index < -0.39 is 0 Å². The topological polar surface area (TPSA) is 42.7 Å². The van der Waals surface area contributed by atoms with E-state index in [2.05, 4.69) is 58.8 Å².